The highest BCUT2D eigenvalue weighted by atomic mass is 32.2. The first-order valence-electron chi connectivity index (χ1n) is 15.3. The zero-order chi connectivity index (χ0) is 30.8. The van der Waals surface area contributed by atoms with Gasteiger partial charge in [0.25, 0.3) is 0 Å². The molecular weight excluding hydrogens is 550 g/mol. The first-order valence-corrected chi connectivity index (χ1v) is 16.2. The predicted molar refractivity (Wildman–Crippen MR) is 168 cm³/mol. The van der Waals surface area contributed by atoms with Gasteiger partial charge in [-0.1, -0.05) is 32.4 Å². The number of carbonyl (C=O) groups excluding carboxylic acids is 3. The van der Waals surface area contributed by atoms with Gasteiger partial charge in [0.1, 0.15) is 11.8 Å². The van der Waals surface area contributed by atoms with Gasteiger partial charge in [-0.2, -0.15) is 0 Å². The summed E-state index contributed by atoms with van der Waals surface area (Å²) >= 11 is 1.65. The maximum atomic E-state index is 14.6. The van der Waals surface area contributed by atoms with Crippen molar-refractivity contribution in [2.45, 2.75) is 82.0 Å². The van der Waals surface area contributed by atoms with E-state index < -0.39 is 28.7 Å². The van der Waals surface area contributed by atoms with E-state index in [1.165, 1.54) is 0 Å². The van der Waals surface area contributed by atoms with Gasteiger partial charge < -0.3 is 24.5 Å². The SMILES string of the molecule is C=CCN(C(=O)[C@@H]1[C@H]2C(=O)N([C@@H](CO)[C@@H](C)CC)C(C(=O)N(CC=C)C(C)C)C23CC[C@H]1S3)c1ccc(OCC)cc1. The number of carbonyl (C=O) groups is 3. The molecule has 1 N–H and O–H groups in total. The van der Waals surface area contributed by atoms with Crippen molar-refractivity contribution in [3.63, 3.8) is 0 Å². The van der Waals surface area contributed by atoms with Gasteiger partial charge >= 0.3 is 0 Å². The first kappa shape index (κ1) is 32.1. The Morgan fingerprint density at radius 2 is 1.81 bits per heavy atom. The lowest BCUT2D eigenvalue weighted by molar-refractivity contribution is -0.147. The van der Waals surface area contributed by atoms with Crippen LogP contribution >= 0.6 is 11.8 Å². The Morgan fingerprint density at radius 1 is 1.14 bits per heavy atom. The molecule has 3 saturated heterocycles. The maximum absolute atomic E-state index is 14.6. The quantitative estimate of drug-likeness (QED) is 0.317. The predicted octanol–water partition coefficient (Wildman–Crippen LogP) is 4.53. The molecule has 1 aromatic rings. The molecule has 3 aliphatic rings. The molecule has 3 heterocycles. The van der Waals surface area contributed by atoms with E-state index in [2.05, 4.69) is 13.2 Å². The van der Waals surface area contributed by atoms with Crippen LogP contribution in [0.25, 0.3) is 0 Å². The van der Waals surface area contributed by atoms with Crippen LogP contribution in [0.15, 0.2) is 49.6 Å². The summed E-state index contributed by atoms with van der Waals surface area (Å²) in [7, 11) is 0. The molecule has 3 fully saturated rings. The van der Waals surface area contributed by atoms with E-state index in [0.29, 0.717) is 31.8 Å². The number of fused-ring (bicyclic) bond motifs is 1. The Morgan fingerprint density at radius 3 is 2.36 bits per heavy atom. The van der Waals surface area contributed by atoms with Crippen LogP contribution in [-0.2, 0) is 14.4 Å². The van der Waals surface area contributed by atoms with Gasteiger partial charge in [0, 0.05) is 30.1 Å². The molecule has 3 aliphatic heterocycles. The molecule has 0 radical (unpaired) electrons. The fraction of sp³-hybridized carbons (Fsp3) is 0.606. The van der Waals surface area contributed by atoms with Crippen molar-refractivity contribution < 1.29 is 24.2 Å². The second-order valence-corrected chi connectivity index (χ2v) is 13.6. The van der Waals surface area contributed by atoms with E-state index in [1.54, 1.807) is 38.6 Å². The fourth-order valence-corrected chi connectivity index (χ4v) is 9.39. The Balaban J connectivity index is 1.79. The summed E-state index contributed by atoms with van der Waals surface area (Å²) in [6, 6.07) is 6.04. The maximum Gasteiger partial charge on any atom is 0.247 e. The van der Waals surface area contributed by atoms with E-state index in [9.17, 15) is 19.5 Å². The number of aliphatic hydroxyl groups excluding tert-OH is 1. The number of ether oxygens (including phenoxy) is 1. The summed E-state index contributed by atoms with van der Waals surface area (Å²) in [5.41, 5.74) is 0.713. The molecule has 8 nitrogen and oxygen atoms in total. The first-order chi connectivity index (χ1) is 20.1. The molecule has 1 spiro atoms. The monoisotopic (exact) mass is 597 g/mol. The second kappa shape index (κ2) is 13.2. The van der Waals surface area contributed by atoms with Crippen LogP contribution in [0.2, 0.25) is 0 Å². The number of anilines is 1. The number of thioether (sulfide) groups is 1. The van der Waals surface area contributed by atoms with E-state index in [0.717, 1.165) is 18.6 Å². The number of likely N-dealkylation sites (tertiary alicyclic amines) is 1. The highest BCUT2D eigenvalue weighted by Gasteiger charge is 2.75. The van der Waals surface area contributed by atoms with Gasteiger partial charge in [0.2, 0.25) is 17.7 Å². The zero-order valence-electron chi connectivity index (χ0n) is 25.7. The summed E-state index contributed by atoms with van der Waals surface area (Å²) in [6.45, 7) is 18.6. The van der Waals surface area contributed by atoms with Crippen LogP contribution in [0.1, 0.15) is 53.9 Å². The van der Waals surface area contributed by atoms with Crippen LogP contribution in [0.3, 0.4) is 0 Å². The third kappa shape index (κ3) is 5.39. The van der Waals surface area contributed by atoms with Gasteiger partial charge in [0.05, 0.1) is 35.8 Å². The second-order valence-electron chi connectivity index (χ2n) is 12.0. The Bertz CT molecular complexity index is 1170. The van der Waals surface area contributed by atoms with E-state index in [4.69, 9.17) is 4.74 Å². The summed E-state index contributed by atoms with van der Waals surface area (Å²) in [5.74, 6) is -0.959. The van der Waals surface area contributed by atoms with Gasteiger partial charge in [-0.05, 0) is 63.8 Å². The van der Waals surface area contributed by atoms with E-state index in [1.807, 2.05) is 58.9 Å². The smallest absolute Gasteiger partial charge is 0.247 e. The standard InChI is InChI=1S/C33H47N3O5S/c1-8-18-34(21(5)6)32(40)29-33-17-16-26(42-33)27(28(33)31(39)36(29)25(20-37)22(7)10-3)30(38)35(19-9-2)23-12-14-24(15-13-23)41-11-4/h8-9,12-15,21-22,25-29,37H,1-2,10-11,16-20H2,3-7H3/t22-,25-,26+,27-,28-,29?,33?/m0/s1. The topological polar surface area (TPSA) is 90.4 Å². The van der Waals surface area contributed by atoms with Crippen molar-refractivity contribution in [2.75, 3.05) is 31.2 Å². The van der Waals surface area contributed by atoms with E-state index in [-0.39, 0.29) is 41.5 Å². The number of hydrogen-bond acceptors (Lipinski definition) is 6. The lowest BCUT2D eigenvalue weighted by atomic mass is 9.70. The highest BCUT2D eigenvalue weighted by molar-refractivity contribution is 8.02. The highest BCUT2D eigenvalue weighted by Crippen LogP contribution is 2.67. The summed E-state index contributed by atoms with van der Waals surface area (Å²) in [6.07, 6.45) is 5.59. The third-order valence-electron chi connectivity index (χ3n) is 9.37. The molecule has 3 amide bonds. The minimum atomic E-state index is -0.755. The van der Waals surface area contributed by atoms with Crippen LogP contribution in [-0.4, -0.2) is 87.1 Å². The third-order valence-corrected chi connectivity index (χ3v) is 11.3. The van der Waals surface area contributed by atoms with Crippen molar-refractivity contribution in [3.05, 3.63) is 49.6 Å². The van der Waals surface area contributed by atoms with Crippen LogP contribution < -0.4 is 9.64 Å². The molecule has 42 heavy (non-hydrogen) atoms. The van der Waals surface area contributed by atoms with Crippen molar-refractivity contribution >= 4 is 35.2 Å². The largest absolute Gasteiger partial charge is 0.494 e. The lowest BCUT2D eigenvalue weighted by Crippen LogP contribution is -2.59. The number of hydrogen-bond donors (Lipinski definition) is 1. The Kier molecular flexibility index (Phi) is 10.1. The Labute approximate surface area is 255 Å². The normalized spacial score (nSPS) is 27.5. The van der Waals surface area contributed by atoms with E-state index >= 15 is 0 Å². The Hall–Kier alpha value is -2.78. The average Bonchev–Trinajstić information content (AvgIpc) is 3.62. The van der Waals surface area contributed by atoms with Gasteiger partial charge in [-0.3, -0.25) is 14.4 Å². The number of amides is 3. The molecular formula is C33H47N3O5S. The molecule has 7 atom stereocenters. The summed E-state index contributed by atoms with van der Waals surface area (Å²) in [5, 5.41) is 10.5. The number of rotatable bonds is 14. The van der Waals surface area contributed by atoms with Gasteiger partial charge in [-0.15, -0.1) is 24.9 Å². The molecule has 2 unspecified atom stereocenters. The van der Waals surface area contributed by atoms with Crippen molar-refractivity contribution in [2.24, 2.45) is 17.8 Å². The van der Waals surface area contributed by atoms with Crippen LogP contribution in [0, 0.1) is 17.8 Å². The minimum Gasteiger partial charge on any atom is -0.494 e. The van der Waals surface area contributed by atoms with Crippen LogP contribution in [0.5, 0.6) is 5.75 Å². The zero-order valence-corrected chi connectivity index (χ0v) is 26.5. The molecule has 0 saturated carbocycles. The molecule has 0 aromatic heterocycles. The molecule has 4 rings (SSSR count). The number of nitrogens with zero attached hydrogens (tertiary/aromatic N) is 3. The molecule has 9 heteroatoms. The summed E-state index contributed by atoms with van der Waals surface area (Å²) in [4.78, 5) is 48.7. The van der Waals surface area contributed by atoms with Gasteiger partial charge in [0.15, 0.2) is 0 Å². The number of aliphatic hydroxyl groups is 1. The lowest BCUT2D eigenvalue weighted by Gasteiger charge is -2.42. The molecule has 0 aliphatic carbocycles. The van der Waals surface area contributed by atoms with Crippen molar-refractivity contribution in [1.29, 1.82) is 0 Å². The minimum absolute atomic E-state index is 0.0196. The van der Waals surface area contributed by atoms with Crippen molar-refractivity contribution in [3.8, 4) is 5.75 Å². The van der Waals surface area contributed by atoms with Gasteiger partial charge in [-0.25, -0.2) is 0 Å². The molecule has 230 valence electrons. The average molecular weight is 598 g/mol. The van der Waals surface area contributed by atoms with Crippen molar-refractivity contribution in [1.82, 2.24) is 9.80 Å². The summed E-state index contributed by atoms with van der Waals surface area (Å²) < 4.78 is 4.86. The molecule has 2 bridgehead atoms. The number of benzene rings is 1. The van der Waals surface area contributed by atoms with Crippen LogP contribution in [0.4, 0.5) is 5.69 Å². The molecule has 1 aromatic carbocycles. The fourth-order valence-electron chi connectivity index (χ4n) is 7.20.